The van der Waals surface area contributed by atoms with Crippen molar-refractivity contribution >= 4 is 7.28 Å². The van der Waals surface area contributed by atoms with Gasteiger partial charge in [0.05, 0.1) is 19.5 Å². The Morgan fingerprint density at radius 1 is 1.44 bits per heavy atom. The Balaban J connectivity index is 1.98. The predicted octanol–water partition coefficient (Wildman–Crippen LogP) is 3.55. The maximum absolute atomic E-state index is 5.68. The SMILES string of the molecule is C=COCCCCOC[C@H]1C=CC([B]CC)=CC1. The molecule has 0 aromatic rings. The number of ether oxygens (including phenoxy) is 2. The summed E-state index contributed by atoms with van der Waals surface area (Å²) in [5.74, 6) is 0.545. The number of hydrogen-bond donors (Lipinski definition) is 0. The first-order valence-corrected chi connectivity index (χ1v) is 6.88. The Morgan fingerprint density at radius 2 is 2.28 bits per heavy atom. The topological polar surface area (TPSA) is 18.5 Å². The fraction of sp³-hybridized carbons (Fsp3) is 0.600. The maximum Gasteiger partial charge on any atom is 0.150 e. The molecule has 0 saturated heterocycles. The van der Waals surface area contributed by atoms with E-state index in [2.05, 4.69) is 39.0 Å². The van der Waals surface area contributed by atoms with E-state index in [-0.39, 0.29) is 0 Å². The monoisotopic (exact) mass is 247 g/mol. The third kappa shape index (κ3) is 6.70. The summed E-state index contributed by atoms with van der Waals surface area (Å²) < 4.78 is 10.7. The summed E-state index contributed by atoms with van der Waals surface area (Å²) >= 11 is 0. The quantitative estimate of drug-likeness (QED) is 0.334. The Hall–Kier alpha value is -0.955. The van der Waals surface area contributed by atoms with Crippen LogP contribution in [0.25, 0.3) is 0 Å². The smallest absolute Gasteiger partial charge is 0.150 e. The minimum absolute atomic E-state index is 0.545. The van der Waals surface area contributed by atoms with Crippen LogP contribution < -0.4 is 0 Å². The van der Waals surface area contributed by atoms with E-state index in [0.29, 0.717) is 5.92 Å². The van der Waals surface area contributed by atoms with Crippen LogP contribution in [0.5, 0.6) is 0 Å². The molecule has 99 valence electrons. The number of unbranched alkanes of at least 4 members (excludes halogenated alkanes) is 1. The normalized spacial score (nSPS) is 18.3. The van der Waals surface area contributed by atoms with Gasteiger partial charge < -0.3 is 9.47 Å². The third-order valence-electron chi connectivity index (χ3n) is 2.91. The van der Waals surface area contributed by atoms with E-state index in [4.69, 9.17) is 9.47 Å². The molecule has 1 aliphatic rings. The van der Waals surface area contributed by atoms with Gasteiger partial charge in [-0.05, 0) is 19.3 Å². The van der Waals surface area contributed by atoms with Gasteiger partial charge in [0, 0.05) is 12.5 Å². The number of hydrogen-bond acceptors (Lipinski definition) is 2. The zero-order valence-corrected chi connectivity index (χ0v) is 11.4. The lowest BCUT2D eigenvalue weighted by Crippen LogP contribution is -2.11. The van der Waals surface area contributed by atoms with Crippen LogP contribution in [0.15, 0.2) is 36.5 Å². The van der Waals surface area contributed by atoms with Gasteiger partial charge in [-0.2, -0.15) is 0 Å². The molecule has 0 aliphatic heterocycles. The lowest BCUT2D eigenvalue weighted by atomic mass is 9.65. The second kappa shape index (κ2) is 10.0. The minimum atomic E-state index is 0.545. The highest BCUT2D eigenvalue weighted by atomic mass is 16.5. The predicted molar refractivity (Wildman–Crippen MR) is 77.8 cm³/mol. The van der Waals surface area contributed by atoms with Gasteiger partial charge in [-0.25, -0.2) is 0 Å². The summed E-state index contributed by atoms with van der Waals surface area (Å²) in [5, 5.41) is 0. The van der Waals surface area contributed by atoms with E-state index >= 15 is 0 Å². The van der Waals surface area contributed by atoms with Gasteiger partial charge in [-0.1, -0.05) is 43.5 Å². The maximum atomic E-state index is 5.68. The van der Waals surface area contributed by atoms with Gasteiger partial charge in [-0.3, -0.25) is 0 Å². The summed E-state index contributed by atoms with van der Waals surface area (Å²) in [6.45, 7) is 8.07. The lowest BCUT2D eigenvalue weighted by molar-refractivity contribution is 0.104. The van der Waals surface area contributed by atoms with Crippen LogP contribution in [0.2, 0.25) is 6.32 Å². The van der Waals surface area contributed by atoms with Crippen LogP contribution in [-0.2, 0) is 9.47 Å². The Kier molecular flexibility index (Phi) is 8.40. The summed E-state index contributed by atoms with van der Waals surface area (Å²) in [7, 11) is 2.26. The van der Waals surface area contributed by atoms with Crippen LogP contribution in [0.4, 0.5) is 0 Å². The summed E-state index contributed by atoms with van der Waals surface area (Å²) in [6.07, 6.45) is 12.5. The molecule has 1 radical (unpaired) electrons. The van der Waals surface area contributed by atoms with E-state index in [0.717, 1.165) is 45.4 Å². The summed E-state index contributed by atoms with van der Waals surface area (Å²) in [5.41, 5.74) is 1.36. The first-order chi connectivity index (χ1) is 8.86. The van der Waals surface area contributed by atoms with Crippen molar-refractivity contribution in [3.05, 3.63) is 36.5 Å². The van der Waals surface area contributed by atoms with Gasteiger partial charge in [0.15, 0.2) is 7.28 Å². The van der Waals surface area contributed by atoms with Crippen molar-refractivity contribution in [2.45, 2.75) is 32.5 Å². The van der Waals surface area contributed by atoms with E-state index < -0.39 is 0 Å². The van der Waals surface area contributed by atoms with Gasteiger partial charge in [0.25, 0.3) is 0 Å². The molecule has 0 N–H and O–H groups in total. The van der Waals surface area contributed by atoms with Crippen LogP contribution >= 0.6 is 0 Å². The second-order valence-corrected chi connectivity index (χ2v) is 4.49. The van der Waals surface area contributed by atoms with Gasteiger partial charge >= 0.3 is 0 Å². The highest BCUT2D eigenvalue weighted by Crippen LogP contribution is 2.16. The molecule has 0 unspecified atom stereocenters. The molecule has 0 fully saturated rings. The Bertz CT molecular complexity index is 284. The standard InChI is InChI=1S/C15H24BO2/c1-3-16-15-9-7-14(8-10-15)13-18-12-6-5-11-17-4-2/h4,7,9-10,14H,2-3,5-6,8,11-13H2,1H3/t14-/m0/s1. The first-order valence-electron chi connectivity index (χ1n) is 6.88. The molecule has 1 aliphatic carbocycles. The van der Waals surface area contributed by atoms with Crippen molar-refractivity contribution < 1.29 is 9.47 Å². The molecule has 0 bridgehead atoms. The average Bonchev–Trinajstić information content (AvgIpc) is 2.40. The van der Waals surface area contributed by atoms with Crippen molar-refractivity contribution in [2.24, 2.45) is 5.92 Å². The summed E-state index contributed by atoms with van der Waals surface area (Å²) in [6, 6.07) is 0. The number of allylic oxidation sites excluding steroid dienone is 3. The zero-order valence-electron chi connectivity index (χ0n) is 11.4. The molecule has 0 heterocycles. The lowest BCUT2D eigenvalue weighted by Gasteiger charge is -2.16. The molecule has 2 nitrogen and oxygen atoms in total. The minimum Gasteiger partial charge on any atom is -0.502 e. The van der Waals surface area contributed by atoms with Gasteiger partial charge in [0.1, 0.15) is 0 Å². The fourth-order valence-corrected chi connectivity index (χ4v) is 1.90. The van der Waals surface area contributed by atoms with E-state index in [9.17, 15) is 0 Å². The molecular formula is C15H24BO2. The van der Waals surface area contributed by atoms with Crippen molar-refractivity contribution in [3.63, 3.8) is 0 Å². The van der Waals surface area contributed by atoms with Crippen LogP contribution in [0.3, 0.4) is 0 Å². The summed E-state index contributed by atoms with van der Waals surface area (Å²) in [4.78, 5) is 0. The second-order valence-electron chi connectivity index (χ2n) is 4.49. The van der Waals surface area contributed by atoms with E-state index in [1.807, 2.05) is 0 Å². The molecule has 0 aromatic heterocycles. The fourth-order valence-electron chi connectivity index (χ4n) is 1.90. The molecule has 18 heavy (non-hydrogen) atoms. The Labute approximate surface area is 112 Å². The van der Waals surface area contributed by atoms with Crippen molar-refractivity contribution in [3.8, 4) is 0 Å². The highest BCUT2D eigenvalue weighted by Gasteiger charge is 2.08. The molecule has 0 amide bonds. The highest BCUT2D eigenvalue weighted by molar-refractivity contribution is 6.46. The van der Waals surface area contributed by atoms with E-state index in [1.54, 1.807) is 0 Å². The molecule has 0 aromatic carbocycles. The largest absolute Gasteiger partial charge is 0.502 e. The van der Waals surface area contributed by atoms with Crippen molar-refractivity contribution in [1.82, 2.24) is 0 Å². The van der Waals surface area contributed by atoms with Crippen LogP contribution in [0, 0.1) is 5.92 Å². The van der Waals surface area contributed by atoms with Crippen molar-refractivity contribution in [1.29, 1.82) is 0 Å². The molecule has 3 heteroatoms. The van der Waals surface area contributed by atoms with E-state index in [1.165, 1.54) is 11.7 Å². The molecule has 0 spiro atoms. The third-order valence-corrected chi connectivity index (χ3v) is 2.91. The van der Waals surface area contributed by atoms with Crippen LogP contribution in [0.1, 0.15) is 26.2 Å². The zero-order chi connectivity index (χ0) is 13.1. The molecular weight excluding hydrogens is 223 g/mol. The van der Waals surface area contributed by atoms with Gasteiger partial charge in [0.2, 0.25) is 0 Å². The Morgan fingerprint density at radius 3 is 2.94 bits per heavy atom. The first kappa shape index (κ1) is 15.1. The van der Waals surface area contributed by atoms with Crippen LogP contribution in [-0.4, -0.2) is 27.1 Å². The number of rotatable bonds is 10. The molecule has 1 atom stereocenters. The average molecular weight is 247 g/mol. The molecule has 1 rings (SSSR count). The van der Waals surface area contributed by atoms with Gasteiger partial charge in [-0.15, -0.1) is 0 Å². The molecule has 0 saturated carbocycles. The van der Waals surface area contributed by atoms with Crippen molar-refractivity contribution in [2.75, 3.05) is 19.8 Å².